The highest BCUT2D eigenvalue weighted by Gasteiger charge is 2.19. The van der Waals surface area contributed by atoms with E-state index < -0.39 is 0 Å². The van der Waals surface area contributed by atoms with E-state index in [9.17, 15) is 0 Å². The number of ether oxygens (including phenoxy) is 1. The van der Waals surface area contributed by atoms with Crippen LogP contribution in [0.2, 0.25) is 0 Å². The number of thiophene rings is 1. The Balaban J connectivity index is 1.48. The number of aryl methyl sites for hydroxylation is 1. The zero-order chi connectivity index (χ0) is 15.6. The van der Waals surface area contributed by atoms with E-state index in [0.717, 1.165) is 35.5 Å². The van der Waals surface area contributed by atoms with E-state index in [1.807, 2.05) is 0 Å². The Labute approximate surface area is 136 Å². The van der Waals surface area contributed by atoms with Crippen molar-refractivity contribution in [3.63, 3.8) is 0 Å². The molecule has 8 nitrogen and oxygen atoms in total. The Morgan fingerprint density at radius 2 is 2.35 bits per heavy atom. The summed E-state index contributed by atoms with van der Waals surface area (Å²) in [6.45, 7) is 4.76. The fourth-order valence-electron chi connectivity index (χ4n) is 2.66. The zero-order valence-electron chi connectivity index (χ0n) is 12.6. The number of anilines is 1. The maximum Gasteiger partial charge on any atom is 0.278 e. The topological polar surface area (TPSA) is 98.0 Å². The lowest BCUT2D eigenvalue weighted by Crippen LogP contribution is -2.22. The highest BCUT2D eigenvalue weighted by Crippen LogP contribution is 2.35. The molecule has 0 amide bonds. The fourth-order valence-corrected chi connectivity index (χ4v) is 3.82. The second-order valence-corrected chi connectivity index (χ2v) is 6.35. The highest BCUT2D eigenvalue weighted by molar-refractivity contribution is 7.18. The molecular weight excluding hydrogens is 316 g/mol. The molecule has 0 fully saturated rings. The lowest BCUT2D eigenvalue weighted by Gasteiger charge is -2.13. The number of nitrogens with one attached hydrogen (secondary N) is 2. The van der Waals surface area contributed by atoms with E-state index in [2.05, 4.69) is 35.5 Å². The van der Waals surface area contributed by atoms with Gasteiger partial charge in [0.1, 0.15) is 29.3 Å². The molecule has 0 bridgehead atoms. The summed E-state index contributed by atoms with van der Waals surface area (Å²) in [7, 11) is 0. The van der Waals surface area contributed by atoms with Crippen molar-refractivity contribution >= 4 is 27.4 Å². The van der Waals surface area contributed by atoms with Gasteiger partial charge < -0.3 is 15.4 Å². The van der Waals surface area contributed by atoms with Gasteiger partial charge in [0.25, 0.3) is 5.88 Å². The maximum absolute atomic E-state index is 5.52. The molecule has 9 heteroatoms. The maximum atomic E-state index is 5.52. The van der Waals surface area contributed by atoms with Crippen LogP contribution in [-0.2, 0) is 13.0 Å². The highest BCUT2D eigenvalue weighted by atomic mass is 32.1. The third-order valence-electron chi connectivity index (χ3n) is 3.75. The molecule has 0 unspecified atom stereocenters. The first-order chi connectivity index (χ1) is 11.3. The van der Waals surface area contributed by atoms with E-state index >= 15 is 0 Å². The summed E-state index contributed by atoms with van der Waals surface area (Å²) in [5, 5.41) is 15.2. The summed E-state index contributed by atoms with van der Waals surface area (Å²) in [5.41, 5.74) is 2.01. The van der Waals surface area contributed by atoms with E-state index in [1.54, 1.807) is 24.6 Å². The van der Waals surface area contributed by atoms with Crippen molar-refractivity contribution in [1.29, 1.82) is 0 Å². The number of hydrogen-bond acceptors (Lipinski definition) is 9. The SMILES string of the molecule is Cc1nonc1OCCNc1ncnc2sc3c(c12)CCNC3. The number of fused-ring (bicyclic) bond motifs is 3. The van der Waals surface area contributed by atoms with Crippen molar-refractivity contribution in [3.8, 4) is 5.88 Å². The molecule has 0 saturated heterocycles. The molecule has 120 valence electrons. The summed E-state index contributed by atoms with van der Waals surface area (Å²) in [5.74, 6) is 1.30. The van der Waals surface area contributed by atoms with Crippen molar-refractivity contribution in [2.45, 2.75) is 19.9 Å². The lowest BCUT2D eigenvalue weighted by atomic mass is 10.1. The van der Waals surface area contributed by atoms with Crippen molar-refractivity contribution in [2.24, 2.45) is 0 Å². The zero-order valence-corrected chi connectivity index (χ0v) is 13.4. The average molecular weight is 332 g/mol. The minimum atomic E-state index is 0.429. The summed E-state index contributed by atoms with van der Waals surface area (Å²) < 4.78 is 10.1. The molecule has 0 spiro atoms. The van der Waals surface area contributed by atoms with Crippen LogP contribution in [0.25, 0.3) is 10.2 Å². The van der Waals surface area contributed by atoms with Crippen LogP contribution in [0.1, 0.15) is 16.1 Å². The van der Waals surface area contributed by atoms with Gasteiger partial charge in [-0.2, -0.15) is 0 Å². The molecule has 4 rings (SSSR count). The van der Waals surface area contributed by atoms with Gasteiger partial charge >= 0.3 is 0 Å². The largest absolute Gasteiger partial charge is 0.472 e. The normalized spacial score (nSPS) is 14.0. The van der Waals surface area contributed by atoms with Gasteiger partial charge in [-0.1, -0.05) is 5.16 Å². The summed E-state index contributed by atoms with van der Waals surface area (Å²) >= 11 is 1.74. The van der Waals surface area contributed by atoms with Crippen LogP contribution in [-0.4, -0.2) is 40.0 Å². The van der Waals surface area contributed by atoms with Gasteiger partial charge in [-0.05, 0) is 30.6 Å². The van der Waals surface area contributed by atoms with Gasteiger partial charge in [0.05, 0.1) is 11.9 Å². The Hall–Kier alpha value is -2.26. The van der Waals surface area contributed by atoms with Crippen LogP contribution < -0.4 is 15.4 Å². The molecule has 1 aliphatic heterocycles. The first-order valence-corrected chi connectivity index (χ1v) is 8.26. The molecule has 3 aromatic heterocycles. The second-order valence-electron chi connectivity index (χ2n) is 5.26. The third kappa shape index (κ3) is 2.73. The smallest absolute Gasteiger partial charge is 0.278 e. The molecule has 3 aromatic rings. The first kappa shape index (κ1) is 14.3. The average Bonchev–Trinajstić information content (AvgIpc) is 3.15. The van der Waals surface area contributed by atoms with Crippen LogP contribution in [0.5, 0.6) is 5.88 Å². The van der Waals surface area contributed by atoms with Gasteiger partial charge in [0.2, 0.25) is 0 Å². The van der Waals surface area contributed by atoms with Gasteiger partial charge in [0, 0.05) is 11.4 Å². The van der Waals surface area contributed by atoms with E-state index in [1.165, 1.54) is 10.4 Å². The van der Waals surface area contributed by atoms with E-state index in [-0.39, 0.29) is 0 Å². The number of rotatable bonds is 5. The summed E-state index contributed by atoms with van der Waals surface area (Å²) in [6.07, 6.45) is 2.62. The Kier molecular flexibility index (Phi) is 3.80. The molecule has 4 heterocycles. The molecule has 1 aliphatic rings. The van der Waals surface area contributed by atoms with E-state index in [0.29, 0.717) is 24.7 Å². The van der Waals surface area contributed by atoms with Crippen LogP contribution in [0, 0.1) is 6.92 Å². The van der Waals surface area contributed by atoms with Gasteiger partial charge in [0.15, 0.2) is 0 Å². The Morgan fingerprint density at radius 3 is 3.22 bits per heavy atom. The van der Waals surface area contributed by atoms with Crippen molar-refractivity contribution in [2.75, 3.05) is 25.0 Å². The molecule has 0 aliphatic carbocycles. The second kappa shape index (κ2) is 6.09. The molecule has 23 heavy (non-hydrogen) atoms. The van der Waals surface area contributed by atoms with Crippen LogP contribution in [0.15, 0.2) is 11.0 Å². The number of hydrogen-bond donors (Lipinski definition) is 2. The summed E-state index contributed by atoms with van der Waals surface area (Å²) in [4.78, 5) is 11.2. The standard InChI is InChI=1S/C14H16N6O2S/c1-8-13(20-22-19-8)21-5-4-16-12-11-9-2-3-15-6-10(9)23-14(11)18-7-17-12/h7,15H,2-6H2,1H3,(H,16,17,18). The van der Waals surface area contributed by atoms with Crippen LogP contribution >= 0.6 is 11.3 Å². The minimum Gasteiger partial charge on any atom is -0.472 e. The fraction of sp³-hybridized carbons (Fsp3) is 0.429. The first-order valence-electron chi connectivity index (χ1n) is 7.44. The predicted molar refractivity (Wildman–Crippen MR) is 85.8 cm³/mol. The van der Waals surface area contributed by atoms with E-state index in [4.69, 9.17) is 4.74 Å². The van der Waals surface area contributed by atoms with Gasteiger partial charge in [-0.25, -0.2) is 14.6 Å². The van der Waals surface area contributed by atoms with Crippen molar-refractivity contribution < 1.29 is 9.37 Å². The lowest BCUT2D eigenvalue weighted by molar-refractivity contribution is 0.261. The molecular formula is C14H16N6O2S. The Morgan fingerprint density at radius 1 is 1.39 bits per heavy atom. The molecule has 0 radical (unpaired) electrons. The molecule has 0 atom stereocenters. The molecule has 2 N–H and O–H groups in total. The van der Waals surface area contributed by atoms with Gasteiger partial charge in [-0.15, -0.1) is 11.3 Å². The summed E-state index contributed by atoms with van der Waals surface area (Å²) in [6, 6.07) is 0. The van der Waals surface area contributed by atoms with Crippen LogP contribution in [0.4, 0.5) is 5.82 Å². The van der Waals surface area contributed by atoms with Crippen LogP contribution in [0.3, 0.4) is 0 Å². The van der Waals surface area contributed by atoms with Crippen molar-refractivity contribution in [3.05, 3.63) is 22.5 Å². The molecule has 0 aromatic carbocycles. The number of nitrogens with zero attached hydrogens (tertiary/aromatic N) is 4. The minimum absolute atomic E-state index is 0.429. The third-order valence-corrected chi connectivity index (χ3v) is 4.89. The quantitative estimate of drug-likeness (QED) is 0.679. The monoisotopic (exact) mass is 332 g/mol. The number of aromatic nitrogens is 4. The molecule has 0 saturated carbocycles. The predicted octanol–water partition coefficient (Wildman–Crippen LogP) is 1.52. The Bertz CT molecular complexity index is 830. The van der Waals surface area contributed by atoms with Crippen molar-refractivity contribution in [1.82, 2.24) is 25.6 Å². The van der Waals surface area contributed by atoms with Gasteiger partial charge in [-0.3, -0.25) is 0 Å².